The summed E-state index contributed by atoms with van der Waals surface area (Å²) < 4.78 is 0. The number of amides is 2. The number of aromatic nitrogens is 1. The topological polar surface area (TPSA) is 110 Å². The maximum atomic E-state index is 13.0. The Morgan fingerprint density at radius 2 is 1.94 bits per heavy atom. The Morgan fingerprint density at radius 1 is 1.29 bits per heavy atom. The Balaban J connectivity index is 1.69. The van der Waals surface area contributed by atoms with Crippen LogP contribution in [0.3, 0.4) is 0 Å². The van der Waals surface area contributed by atoms with Crippen molar-refractivity contribution < 1.29 is 20.4 Å². The summed E-state index contributed by atoms with van der Waals surface area (Å²) in [6.07, 6.45) is -0.464. The Morgan fingerprint density at radius 3 is 2.48 bits per heavy atom. The third-order valence-corrected chi connectivity index (χ3v) is 6.96. The number of nitrogens with one attached hydrogen (secondary N) is 1. The predicted molar refractivity (Wildman–Crippen MR) is 121 cm³/mol. The average molecular weight is 446 g/mol. The Hall–Kier alpha value is -2.29. The lowest BCUT2D eigenvalue weighted by atomic mass is 9.86. The lowest BCUT2D eigenvalue weighted by molar-refractivity contribution is -0.428. The fraction of sp³-hybridized carbons (Fsp3) is 0.522. The number of β-amino-alcohol motifs (C(OH)–C–C–N with tert-alkyl or cyclic N) is 1. The van der Waals surface area contributed by atoms with Crippen molar-refractivity contribution in [3.63, 3.8) is 0 Å². The Labute approximate surface area is 187 Å². The molecule has 7 nitrogen and oxygen atoms in total. The highest BCUT2D eigenvalue weighted by atomic mass is 32.1. The van der Waals surface area contributed by atoms with Gasteiger partial charge in [-0.25, -0.2) is 4.98 Å². The number of quaternary nitrogens is 1. The molecule has 0 spiro atoms. The van der Waals surface area contributed by atoms with Crippen LogP contribution < -0.4 is 11.1 Å². The van der Waals surface area contributed by atoms with Crippen molar-refractivity contribution in [1.29, 1.82) is 0 Å². The second kappa shape index (κ2) is 9.06. The van der Waals surface area contributed by atoms with Crippen LogP contribution in [-0.2, 0) is 9.59 Å². The highest BCUT2D eigenvalue weighted by molar-refractivity contribution is 7.13. The van der Waals surface area contributed by atoms with Gasteiger partial charge in [0.1, 0.15) is 6.04 Å². The van der Waals surface area contributed by atoms with Gasteiger partial charge in [-0.15, -0.1) is 11.3 Å². The molecule has 1 aliphatic heterocycles. The molecule has 2 aromatic rings. The van der Waals surface area contributed by atoms with Crippen molar-refractivity contribution in [3.8, 4) is 10.4 Å². The van der Waals surface area contributed by atoms with E-state index >= 15 is 0 Å². The number of benzene rings is 1. The summed E-state index contributed by atoms with van der Waals surface area (Å²) in [5.74, 6) is -0.443. The third kappa shape index (κ3) is 5.14. The molecule has 0 aliphatic carbocycles. The van der Waals surface area contributed by atoms with Gasteiger partial charge in [-0.05, 0) is 25.0 Å². The van der Waals surface area contributed by atoms with Gasteiger partial charge in [-0.1, -0.05) is 45.0 Å². The van der Waals surface area contributed by atoms with Crippen LogP contribution in [0.25, 0.3) is 10.4 Å². The molecule has 0 radical (unpaired) electrons. The molecule has 5 N–H and O–H groups in total. The lowest BCUT2D eigenvalue weighted by Crippen LogP contribution is -2.73. The molecule has 8 heteroatoms. The molecule has 168 valence electrons. The zero-order chi connectivity index (χ0) is 22.9. The second-order valence-electron chi connectivity index (χ2n) is 9.43. The van der Waals surface area contributed by atoms with Gasteiger partial charge in [0, 0.05) is 18.4 Å². The first-order valence-electron chi connectivity index (χ1n) is 10.6. The summed E-state index contributed by atoms with van der Waals surface area (Å²) >= 11 is 1.60. The summed E-state index contributed by atoms with van der Waals surface area (Å²) in [4.78, 5) is 32.9. The second-order valence-corrected chi connectivity index (χ2v) is 10.3. The number of hydrogen-bond donors (Lipinski definition) is 3. The number of carbonyl (C=O) groups is 2. The van der Waals surface area contributed by atoms with E-state index in [1.54, 1.807) is 11.3 Å². The van der Waals surface area contributed by atoms with Gasteiger partial charge >= 0.3 is 0 Å². The molecular weight excluding hydrogens is 412 g/mol. The minimum Gasteiger partial charge on any atom is -0.391 e. The number of aryl methyl sites for hydroxylation is 1. The van der Waals surface area contributed by atoms with E-state index in [-0.39, 0.29) is 36.2 Å². The van der Waals surface area contributed by atoms with E-state index in [0.717, 1.165) is 21.7 Å². The highest BCUT2D eigenvalue weighted by Crippen LogP contribution is 2.29. The lowest BCUT2D eigenvalue weighted by Gasteiger charge is -2.30. The van der Waals surface area contributed by atoms with Gasteiger partial charge in [-0.3, -0.25) is 9.59 Å². The maximum absolute atomic E-state index is 13.0. The quantitative estimate of drug-likeness (QED) is 0.653. The molecule has 0 unspecified atom stereocenters. The van der Waals surface area contributed by atoms with Crippen LogP contribution in [0.1, 0.15) is 51.4 Å². The van der Waals surface area contributed by atoms with Crippen LogP contribution in [0.5, 0.6) is 0 Å². The fourth-order valence-corrected chi connectivity index (χ4v) is 4.58. The van der Waals surface area contributed by atoms with Gasteiger partial charge < -0.3 is 21.1 Å². The number of rotatable bonds is 5. The Bertz CT molecular complexity index is 935. The summed E-state index contributed by atoms with van der Waals surface area (Å²) in [5.41, 5.74) is 8.59. The third-order valence-electron chi connectivity index (χ3n) is 5.99. The standard InChI is InChI=1S/C23H32N4O3S/c1-13(15-6-8-16(9-7-15)19-14(2)25-12-31-19)26-21(29)18-10-17(28)11-27(18)22(30)20(24)23(3,4)5/h6-9,12-13,17-18,20,28H,10-11,24H2,1-5H3,(H,26,29)/p+1/t13-,17+,18-,20+/m0/s1. The minimum atomic E-state index is -0.705. The summed E-state index contributed by atoms with van der Waals surface area (Å²) in [7, 11) is 0. The molecule has 0 saturated carbocycles. The van der Waals surface area contributed by atoms with Crippen molar-refractivity contribution in [3.05, 3.63) is 41.0 Å². The number of carbonyl (C=O) groups excluding carboxylic acids is 2. The van der Waals surface area contributed by atoms with Gasteiger partial charge in [0.15, 0.2) is 6.04 Å². The molecule has 1 aromatic heterocycles. The molecule has 4 atom stereocenters. The number of likely N-dealkylation sites (tertiary alicyclic amines) is 1. The molecule has 1 aromatic carbocycles. The Kier molecular flexibility index (Phi) is 6.83. The first-order valence-corrected chi connectivity index (χ1v) is 11.5. The molecule has 2 heterocycles. The van der Waals surface area contributed by atoms with E-state index in [4.69, 9.17) is 0 Å². The molecule has 1 aliphatic rings. The van der Waals surface area contributed by atoms with E-state index in [1.165, 1.54) is 4.90 Å². The van der Waals surface area contributed by atoms with Crippen LogP contribution in [0.15, 0.2) is 29.8 Å². The van der Waals surface area contributed by atoms with Gasteiger partial charge in [0.25, 0.3) is 5.91 Å². The van der Waals surface area contributed by atoms with Crippen molar-refractivity contribution in [2.45, 2.75) is 65.3 Å². The normalized spacial score (nSPS) is 21.1. The minimum absolute atomic E-state index is 0.163. The first-order chi connectivity index (χ1) is 14.5. The van der Waals surface area contributed by atoms with Crippen LogP contribution in [-0.4, -0.2) is 51.5 Å². The highest BCUT2D eigenvalue weighted by Gasteiger charge is 2.44. The SMILES string of the molecule is Cc1ncsc1-c1ccc([C@H](C)NC(=O)[C@@H]2C[C@@H](O)CN2C(=O)[C@@H]([NH3+])C(C)(C)C)cc1. The van der Waals surface area contributed by atoms with E-state index in [1.807, 2.05) is 64.4 Å². The van der Waals surface area contributed by atoms with Crippen LogP contribution in [0, 0.1) is 12.3 Å². The van der Waals surface area contributed by atoms with Crippen molar-refractivity contribution in [2.24, 2.45) is 5.41 Å². The van der Waals surface area contributed by atoms with E-state index in [2.05, 4.69) is 16.0 Å². The fourth-order valence-electron chi connectivity index (χ4n) is 3.77. The number of nitrogens with zero attached hydrogens (tertiary/aromatic N) is 2. The molecule has 3 rings (SSSR count). The summed E-state index contributed by atoms with van der Waals surface area (Å²) in [6.45, 7) is 9.91. The van der Waals surface area contributed by atoms with Crippen molar-refractivity contribution in [1.82, 2.24) is 15.2 Å². The monoisotopic (exact) mass is 445 g/mol. The average Bonchev–Trinajstić information content (AvgIpc) is 3.31. The number of aliphatic hydroxyl groups is 1. The van der Waals surface area contributed by atoms with Crippen LogP contribution >= 0.6 is 11.3 Å². The van der Waals surface area contributed by atoms with Gasteiger partial charge in [0.05, 0.1) is 28.2 Å². The van der Waals surface area contributed by atoms with E-state index < -0.39 is 18.2 Å². The summed E-state index contributed by atoms with van der Waals surface area (Å²) in [5, 5.41) is 13.2. The molecule has 0 bridgehead atoms. The number of hydrogen-bond acceptors (Lipinski definition) is 5. The maximum Gasteiger partial charge on any atom is 0.282 e. The van der Waals surface area contributed by atoms with Gasteiger partial charge in [-0.2, -0.15) is 0 Å². The first kappa shape index (κ1) is 23.4. The van der Waals surface area contributed by atoms with E-state index in [0.29, 0.717) is 0 Å². The zero-order valence-corrected chi connectivity index (χ0v) is 19.7. The summed E-state index contributed by atoms with van der Waals surface area (Å²) in [6, 6.07) is 6.66. The van der Waals surface area contributed by atoms with Crippen LogP contribution in [0.2, 0.25) is 0 Å². The van der Waals surface area contributed by atoms with E-state index in [9.17, 15) is 14.7 Å². The molecule has 31 heavy (non-hydrogen) atoms. The number of aliphatic hydroxyl groups excluding tert-OH is 1. The smallest absolute Gasteiger partial charge is 0.282 e. The van der Waals surface area contributed by atoms with Gasteiger partial charge in [0.2, 0.25) is 5.91 Å². The predicted octanol–water partition coefficient (Wildman–Crippen LogP) is 1.91. The molecular formula is C23H33N4O3S+. The molecule has 1 saturated heterocycles. The molecule has 2 amide bonds. The molecule has 1 fully saturated rings. The van der Waals surface area contributed by atoms with Crippen molar-refractivity contribution in [2.75, 3.05) is 6.54 Å². The van der Waals surface area contributed by atoms with Crippen LogP contribution in [0.4, 0.5) is 0 Å². The number of thiazole rings is 1. The largest absolute Gasteiger partial charge is 0.391 e. The zero-order valence-electron chi connectivity index (χ0n) is 18.9. The van der Waals surface area contributed by atoms with Crippen molar-refractivity contribution >= 4 is 23.2 Å².